The second-order valence-electron chi connectivity index (χ2n) is 10.5. The molecule has 0 unspecified atom stereocenters. The van der Waals surface area contributed by atoms with E-state index in [-0.39, 0.29) is 0 Å². The SMILES string of the molecule is CC(C)(O)C(C)(C)O[B]c1ccc2c(c1)Oc1ccccc1C21c2ccccc2Oc2ccccc21. The Hall–Kier alpha value is -3.54. The van der Waals surface area contributed by atoms with E-state index < -0.39 is 16.6 Å². The maximum Gasteiger partial charge on any atom is 0.331 e. The largest absolute Gasteiger partial charge is 0.457 e. The highest BCUT2D eigenvalue weighted by Gasteiger charge is 2.50. The predicted molar refractivity (Wildman–Crippen MR) is 142 cm³/mol. The molecule has 1 spiro atoms. The van der Waals surface area contributed by atoms with E-state index in [1.165, 1.54) is 0 Å². The summed E-state index contributed by atoms with van der Waals surface area (Å²) in [5.74, 6) is 3.25. The molecule has 4 aromatic rings. The Balaban J connectivity index is 1.56. The molecule has 0 saturated carbocycles. The Kier molecular flexibility index (Phi) is 5.08. The number of ether oxygens (including phenoxy) is 2. The second-order valence-corrected chi connectivity index (χ2v) is 10.5. The Bertz CT molecular complexity index is 1400. The molecule has 0 aromatic heterocycles. The molecule has 5 heteroatoms. The Morgan fingerprint density at radius 1 is 0.639 bits per heavy atom. The van der Waals surface area contributed by atoms with E-state index in [0.29, 0.717) is 0 Å². The Labute approximate surface area is 212 Å². The van der Waals surface area contributed by atoms with Gasteiger partial charge in [0.2, 0.25) is 0 Å². The highest BCUT2D eigenvalue weighted by molar-refractivity contribution is 6.47. The van der Waals surface area contributed by atoms with Crippen LogP contribution in [0.2, 0.25) is 0 Å². The summed E-state index contributed by atoms with van der Waals surface area (Å²) in [4.78, 5) is 0. The third kappa shape index (κ3) is 3.30. The normalized spacial score (nSPS) is 15.0. The standard InChI is InChI=1S/C31H28BO4/c1-29(2,33)30(3,4)36-32-20-17-18-24-28(19-20)35-27-16-10-7-13-23(27)31(24)21-11-5-8-14-25(21)34-26-15-9-6-12-22(26)31/h5-19,33H,1-4H3. The average molecular weight is 475 g/mol. The Morgan fingerprint density at radius 2 is 1.08 bits per heavy atom. The minimum absolute atomic E-state index is 0.596. The first-order valence-corrected chi connectivity index (χ1v) is 12.2. The molecule has 1 N–H and O–H groups in total. The van der Waals surface area contributed by atoms with Crippen molar-refractivity contribution in [3.63, 3.8) is 0 Å². The van der Waals surface area contributed by atoms with Crippen LogP contribution in [-0.4, -0.2) is 23.8 Å². The first kappa shape index (κ1) is 22.9. The van der Waals surface area contributed by atoms with Crippen molar-refractivity contribution in [2.45, 2.75) is 44.3 Å². The van der Waals surface area contributed by atoms with Crippen LogP contribution in [0.1, 0.15) is 49.9 Å². The third-order valence-electron chi connectivity index (χ3n) is 7.69. The van der Waals surface area contributed by atoms with Crippen LogP contribution < -0.4 is 14.9 Å². The minimum Gasteiger partial charge on any atom is -0.457 e. The summed E-state index contributed by atoms with van der Waals surface area (Å²) in [6, 6.07) is 30.9. The molecule has 1 radical (unpaired) electrons. The van der Waals surface area contributed by atoms with Crippen molar-refractivity contribution in [2.24, 2.45) is 0 Å². The number of hydrogen-bond acceptors (Lipinski definition) is 4. The Morgan fingerprint density at radius 3 is 1.58 bits per heavy atom. The number of aliphatic hydroxyl groups is 1. The summed E-state index contributed by atoms with van der Waals surface area (Å²) in [6.45, 7) is 7.24. The fourth-order valence-electron chi connectivity index (χ4n) is 5.07. The summed E-state index contributed by atoms with van der Waals surface area (Å²) < 4.78 is 18.9. The summed E-state index contributed by atoms with van der Waals surface area (Å²) in [5, 5.41) is 10.5. The molecule has 2 aliphatic rings. The van der Waals surface area contributed by atoms with E-state index in [1.807, 2.05) is 62.4 Å². The van der Waals surface area contributed by atoms with Gasteiger partial charge in [0.05, 0.1) is 16.6 Å². The van der Waals surface area contributed by atoms with E-state index >= 15 is 0 Å². The predicted octanol–water partition coefficient (Wildman–Crippen LogP) is 6.09. The van der Waals surface area contributed by atoms with Gasteiger partial charge in [-0.3, -0.25) is 0 Å². The number of hydrogen-bond donors (Lipinski definition) is 1. The molecule has 4 nitrogen and oxygen atoms in total. The van der Waals surface area contributed by atoms with Crippen molar-refractivity contribution in [3.8, 4) is 23.0 Å². The summed E-state index contributed by atoms with van der Waals surface area (Å²) >= 11 is 0. The lowest BCUT2D eigenvalue weighted by Gasteiger charge is -2.44. The van der Waals surface area contributed by atoms with Crippen molar-refractivity contribution >= 4 is 12.9 Å². The first-order valence-electron chi connectivity index (χ1n) is 12.2. The van der Waals surface area contributed by atoms with Crippen LogP contribution in [0.25, 0.3) is 0 Å². The van der Waals surface area contributed by atoms with Gasteiger partial charge >= 0.3 is 7.48 Å². The van der Waals surface area contributed by atoms with Crippen LogP contribution in [-0.2, 0) is 10.1 Å². The fraction of sp³-hybridized carbons (Fsp3) is 0.226. The lowest BCUT2D eigenvalue weighted by Crippen LogP contribution is -2.49. The molecule has 0 amide bonds. The molecule has 0 atom stereocenters. The van der Waals surface area contributed by atoms with Crippen LogP contribution in [0.5, 0.6) is 23.0 Å². The lowest BCUT2D eigenvalue weighted by atomic mass is 9.62. The number of fused-ring (bicyclic) bond motifs is 8. The van der Waals surface area contributed by atoms with Gasteiger partial charge in [-0.1, -0.05) is 66.7 Å². The van der Waals surface area contributed by atoms with Crippen molar-refractivity contribution < 1.29 is 19.2 Å². The maximum absolute atomic E-state index is 10.5. The third-order valence-corrected chi connectivity index (χ3v) is 7.69. The number of benzene rings is 4. The highest BCUT2D eigenvalue weighted by atomic mass is 16.5. The van der Waals surface area contributed by atoms with Gasteiger partial charge in [0.1, 0.15) is 23.0 Å². The second kappa shape index (κ2) is 7.99. The zero-order chi connectivity index (χ0) is 25.1. The van der Waals surface area contributed by atoms with Crippen molar-refractivity contribution in [2.75, 3.05) is 0 Å². The van der Waals surface area contributed by atoms with Crippen LogP contribution >= 0.6 is 0 Å². The molecule has 0 saturated heterocycles. The summed E-state index contributed by atoms with van der Waals surface area (Å²) in [6.07, 6.45) is 0. The van der Waals surface area contributed by atoms with Crippen LogP contribution in [0.3, 0.4) is 0 Å². The molecule has 179 valence electrons. The summed E-state index contributed by atoms with van der Waals surface area (Å²) in [5.41, 5.74) is 2.77. The average Bonchev–Trinajstić information content (AvgIpc) is 2.86. The smallest absolute Gasteiger partial charge is 0.331 e. The van der Waals surface area contributed by atoms with Crippen molar-refractivity contribution in [3.05, 3.63) is 113 Å². The quantitative estimate of drug-likeness (QED) is 0.314. The van der Waals surface area contributed by atoms with Crippen LogP contribution in [0, 0.1) is 0 Å². The van der Waals surface area contributed by atoms with Gasteiger partial charge in [-0.05, 0) is 57.4 Å². The molecule has 6 rings (SSSR count). The van der Waals surface area contributed by atoms with E-state index in [9.17, 15) is 5.11 Å². The summed E-state index contributed by atoms with van der Waals surface area (Å²) in [7, 11) is 1.70. The maximum atomic E-state index is 10.5. The van der Waals surface area contributed by atoms with Crippen molar-refractivity contribution in [1.29, 1.82) is 0 Å². The molecular weight excluding hydrogens is 447 g/mol. The van der Waals surface area contributed by atoms with Crippen LogP contribution in [0.15, 0.2) is 91.0 Å². The molecule has 4 aromatic carbocycles. The van der Waals surface area contributed by atoms with Gasteiger partial charge in [-0.25, -0.2) is 0 Å². The number of rotatable bonds is 4. The monoisotopic (exact) mass is 475 g/mol. The topological polar surface area (TPSA) is 47.9 Å². The zero-order valence-electron chi connectivity index (χ0n) is 20.9. The van der Waals surface area contributed by atoms with Gasteiger partial charge in [-0.2, -0.15) is 0 Å². The molecule has 2 heterocycles. The highest BCUT2D eigenvalue weighted by Crippen LogP contribution is 2.60. The van der Waals surface area contributed by atoms with Gasteiger partial charge in [-0.15, -0.1) is 0 Å². The number of para-hydroxylation sites is 3. The van der Waals surface area contributed by atoms with E-state index in [4.69, 9.17) is 14.1 Å². The van der Waals surface area contributed by atoms with Gasteiger partial charge < -0.3 is 19.2 Å². The molecular formula is C31H28BO4. The van der Waals surface area contributed by atoms with E-state index in [2.05, 4.69) is 42.5 Å². The molecule has 36 heavy (non-hydrogen) atoms. The molecule has 0 fully saturated rings. The van der Waals surface area contributed by atoms with Gasteiger partial charge in [0.15, 0.2) is 0 Å². The lowest BCUT2D eigenvalue weighted by molar-refractivity contribution is -0.0893. The van der Waals surface area contributed by atoms with Crippen molar-refractivity contribution in [1.82, 2.24) is 0 Å². The van der Waals surface area contributed by atoms with E-state index in [1.54, 1.807) is 21.3 Å². The van der Waals surface area contributed by atoms with Gasteiger partial charge in [0, 0.05) is 22.3 Å². The fourth-order valence-corrected chi connectivity index (χ4v) is 5.07. The van der Waals surface area contributed by atoms with E-state index in [0.717, 1.165) is 50.7 Å². The first-order chi connectivity index (χ1) is 17.2. The zero-order valence-corrected chi connectivity index (χ0v) is 20.9. The van der Waals surface area contributed by atoms with Crippen LogP contribution in [0.4, 0.5) is 0 Å². The minimum atomic E-state index is -1.01. The molecule has 2 aliphatic heterocycles. The van der Waals surface area contributed by atoms with Gasteiger partial charge in [0.25, 0.3) is 0 Å². The molecule has 0 aliphatic carbocycles. The molecule has 0 bridgehead atoms.